The van der Waals surface area contributed by atoms with E-state index in [0.717, 1.165) is 5.56 Å². The van der Waals surface area contributed by atoms with Gasteiger partial charge in [-0.3, -0.25) is 4.90 Å². The van der Waals surface area contributed by atoms with Crippen LogP contribution in [0.1, 0.15) is 5.56 Å². The first-order chi connectivity index (χ1) is 11.9. The highest BCUT2D eigenvalue weighted by Crippen LogP contribution is 2.31. The predicted octanol–water partition coefficient (Wildman–Crippen LogP) is 4.02. The van der Waals surface area contributed by atoms with Gasteiger partial charge >= 0.3 is 12.0 Å². The van der Waals surface area contributed by atoms with Crippen LogP contribution >= 0.6 is 23.2 Å². The van der Waals surface area contributed by atoms with Crippen molar-refractivity contribution in [3.63, 3.8) is 0 Å². The Morgan fingerprint density at radius 2 is 1.88 bits per heavy atom. The number of urea groups is 1. The van der Waals surface area contributed by atoms with Crippen LogP contribution in [0.15, 0.2) is 48.5 Å². The fraction of sp³-hybridized carbons (Fsp3) is 0.222. The molecule has 0 bridgehead atoms. The number of hydrogen-bond donors (Lipinski definition) is 1. The molecule has 1 fully saturated rings. The predicted molar refractivity (Wildman–Crippen MR) is 97.9 cm³/mol. The molecule has 0 radical (unpaired) electrons. The third kappa shape index (κ3) is 3.49. The second-order valence-corrected chi connectivity index (χ2v) is 6.86. The summed E-state index contributed by atoms with van der Waals surface area (Å²) in [5, 5.41) is 10.4. The van der Waals surface area contributed by atoms with E-state index in [-0.39, 0.29) is 17.1 Å². The van der Waals surface area contributed by atoms with Gasteiger partial charge in [0.2, 0.25) is 0 Å². The number of para-hydroxylation sites is 1. The molecule has 0 spiro atoms. The zero-order valence-electron chi connectivity index (χ0n) is 13.4. The second-order valence-electron chi connectivity index (χ2n) is 6.02. The highest BCUT2D eigenvalue weighted by Gasteiger charge is 2.50. The van der Waals surface area contributed by atoms with E-state index >= 15 is 0 Å². The molecule has 1 aliphatic heterocycles. The molecule has 7 heteroatoms. The maximum Gasteiger partial charge on any atom is 0.425 e. The summed E-state index contributed by atoms with van der Waals surface area (Å²) in [6.45, 7) is 0.898. The Morgan fingerprint density at radius 1 is 1.16 bits per heavy atom. The number of hydrogen-bond acceptors (Lipinski definition) is 2. The molecule has 1 atom stereocenters. The number of quaternary nitrogens is 1. The highest BCUT2D eigenvalue weighted by atomic mass is 35.5. The van der Waals surface area contributed by atoms with Gasteiger partial charge in [0, 0.05) is 10.0 Å². The van der Waals surface area contributed by atoms with Crippen LogP contribution in [0.2, 0.25) is 10.0 Å². The summed E-state index contributed by atoms with van der Waals surface area (Å²) in [7, 11) is 0. The van der Waals surface area contributed by atoms with Crippen molar-refractivity contribution in [2.45, 2.75) is 6.54 Å². The summed E-state index contributed by atoms with van der Waals surface area (Å²) in [6.07, 6.45) is 0. The van der Waals surface area contributed by atoms with Crippen molar-refractivity contribution in [1.82, 2.24) is 9.38 Å². The topological polar surface area (TPSA) is 57.6 Å². The summed E-state index contributed by atoms with van der Waals surface area (Å²) in [6, 6.07) is 13.9. The standard InChI is InChI=1S/C18H16Cl2N2O3/c19-14-7-6-13(16(20)10-14)11-21-8-9-22(18(21)25,12-17(23)24)15-4-2-1-3-5-15/h1-7,10H,8-9,11-12H2/p+1. The molecule has 2 aromatic rings. The van der Waals surface area contributed by atoms with Crippen molar-refractivity contribution < 1.29 is 14.7 Å². The van der Waals surface area contributed by atoms with E-state index in [1.54, 1.807) is 35.2 Å². The minimum absolute atomic E-state index is 0.221. The Morgan fingerprint density at radius 3 is 2.52 bits per heavy atom. The number of amides is 2. The molecule has 1 heterocycles. The first kappa shape index (κ1) is 17.7. The zero-order chi connectivity index (χ0) is 18.0. The Hall–Kier alpha value is -2.08. The van der Waals surface area contributed by atoms with Crippen LogP contribution in [0.5, 0.6) is 0 Å². The Balaban J connectivity index is 1.90. The molecule has 5 nitrogen and oxygen atoms in total. The average molecular weight is 380 g/mol. The number of carbonyl (C=O) groups is 2. The minimum atomic E-state index is -1.01. The number of halogens is 2. The van der Waals surface area contributed by atoms with E-state index in [0.29, 0.717) is 35.4 Å². The molecule has 25 heavy (non-hydrogen) atoms. The van der Waals surface area contributed by atoms with Crippen molar-refractivity contribution in [1.29, 1.82) is 0 Å². The third-order valence-corrected chi connectivity index (χ3v) is 5.01. The molecule has 1 aliphatic rings. The normalized spacial score (nSPS) is 20.1. The molecule has 1 saturated heterocycles. The fourth-order valence-electron chi connectivity index (χ4n) is 3.18. The summed E-state index contributed by atoms with van der Waals surface area (Å²) in [5.74, 6) is -1.01. The van der Waals surface area contributed by atoms with Gasteiger partial charge in [0.05, 0.1) is 13.1 Å². The lowest BCUT2D eigenvalue weighted by Gasteiger charge is -2.28. The van der Waals surface area contributed by atoms with Crippen LogP contribution in [0, 0.1) is 0 Å². The quantitative estimate of drug-likeness (QED) is 0.798. The molecule has 2 amide bonds. The molecule has 1 unspecified atom stereocenters. The SMILES string of the molecule is O=C(O)C[N+]1(c2ccccc2)CCN(Cc2ccc(Cl)cc2Cl)C1=O. The van der Waals surface area contributed by atoms with Crippen LogP contribution in [0.4, 0.5) is 10.5 Å². The lowest BCUT2D eigenvalue weighted by molar-refractivity contribution is -0.137. The van der Waals surface area contributed by atoms with Gasteiger partial charge in [-0.2, -0.15) is 4.48 Å². The molecule has 1 N–H and O–H groups in total. The van der Waals surface area contributed by atoms with E-state index in [9.17, 15) is 14.7 Å². The van der Waals surface area contributed by atoms with E-state index < -0.39 is 5.97 Å². The van der Waals surface area contributed by atoms with Crippen LogP contribution in [0.3, 0.4) is 0 Å². The van der Waals surface area contributed by atoms with Gasteiger partial charge in [-0.1, -0.05) is 47.5 Å². The summed E-state index contributed by atoms with van der Waals surface area (Å²) >= 11 is 12.1. The van der Waals surface area contributed by atoms with Crippen LogP contribution in [0.25, 0.3) is 0 Å². The van der Waals surface area contributed by atoms with Gasteiger partial charge in [0.15, 0.2) is 6.54 Å². The minimum Gasteiger partial charge on any atom is -0.477 e. The number of benzene rings is 2. The van der Waals surface area contributed by atoms with Gasteiger partial charge in [-0.05, 0) is 29.8 Å². The highest BCUT2D eigenvalue weighted by molar-refractivity contribution is 6.35. The van der Waals surface area contributed by atoms with Gasteiger partial charge in [-0.15, -0.1) is 0 Å². The average Bonchev–Trinajstić information content (AvgIpc) is 2.88. The molecular formula is C18H17Cl2N2O3+. The molecular weight excluding hydrogens is 363 g/mol. The first-order valence-electron chi connectivity index (χ1n) is 7.80. The van der Waals surface area contributed by atoms with Gasteiger partial charge < -0.3 is 5.11 Å². The Bertz CT molecular complexity index is 813. The third-order valence-electron chi connectivity index (χ3n) is 4.42. The zero-order valence-corrected chi connectivity index (χ0v) is 14.9. The maximum absolute atomic E-state index is 13.1. The van der Waals surface area contributed by atoms with Crippen LogP contribution < -0.4 is 4.48 Å². The van der Waals surface area contributed by atoms with Crippen molar-refractivity contribution in [3.8, 4) is 0 Å². The molecule has 0 aromatic heterocycles. The number of nitrogens with zero attached hydrogens (tertiary/aromatic N) is 2. The summed E-state index contributed by atoms with van der Waals surface area (Å²) in [5.41, 5.74) is 1.46. The lowest BCUT2D eigenvalue weighted by atomic mass is 10.2. The monoisotopic (exact) mass is 379 g/mol. The molecule has 130 valence electrons. The van der Waals surface area contributed by atoms with Gasteiger partial charge in [-0.25, -0.2) is 9.59 Å². The number of carbonyl (C=O) groups excluding carboxylic acids is 1. The van der Waals surface area contributed by atoms with E-state index in [1.165, 1.54) is 0 Å². The molecule has 0 aliphatic carbocycles. The number of carboxylic acid groups (broad SMARTS) is 1. The van der Waals surface area contributed by atoms with Gasteiger partial charge in [0.25, 0.3) is 0 Å². The molecule has 3 rings (SSSR count). The van der Waals surface area contributed by atoms with E-state index in [1.807, 2.05) is 18.2 Å². The van der Waals surface area contributed by atoms with Gasteiger partial charge in [0.1, 0.15) is 12.2 Å². The molecule has 2 aromatic carbocycles. The molecule has 0 saturated carbocycles. The fourth-order valence-corrected chi connectivity index (χ4v) is 3.65. The largest absolute Gasteiger partial charge is 0.477 e. The van der Waals surface area contributed by atoms with Crippen LogP contribution in [-0.4, -0.2) is 41.6 Å². The Kier molecular flexibility index (Phi) is 4.99. The number of carboxylic acids is 1. The van der Waals surface area contributed by atoms with E-state index in [2.05, 4.69) is 0 Å². The van der Waals surface area contributed by atoms with E-state index in [4.69, 9.17) is 23.2 Å². The second kappa shape index (κ2) is 7.04. The van der Waals surface area contributed by atoms with Crippen molar-refractivity contribution in [2.75, 3.05) is 19.6 Å². The van der Waals surface area contributed by atoms with Crippen LogP contribution in [-0.2, 0) is 11.3 Å². The number of aliphatic carboxylic acids is 1. The number of rotatable bonds is 5. The van der Waals surface area contributed by atoms with Crippen molar-refractivity contribution >= 4 is 40.9 Å². The Labute approximate surface area is 155 Å². The van der Waals surface area contributed by atoms with Crippen molar-refractivity contribution in [2.24, 2.45) is 0 Å². The first-order valence-corrected chi connectivity index (χ1v) is 8.56. The van der Waals surface area contributed by atoms with Crippen molar-refractivity contribution in [3.05, 3.63) is 64.1 Å². The smallest absolute Gasteiger partial charge is 0.425 e. The summed E-state index contributed by atoms with van der Waals surface area (Å²) in [4.78, 5) is 26.2. The maximum atomic E-state index is 13.1. The summed E-state index contributed by atoms with van der Waals surface area (Å²) < 4.78 is -0.221. The lowest BCUT2D eigenvalue weighted by Crippen LogP contribution is -2.55.